The van der Waals surface area contributed by atoms with Gasteiger partial charge in [-0.2, -0.15) is 0 Å². The highest BCUT2D eigenvalue weighted by atomic mass is 16.4. The number of aliphatic carboxylic acids is 3. The summed E-state index contributed by atoms with van der Waals surface area (Å²) in [7, 11) is 0. The number of carboxylic acid groups (broad SMARTS) is 3. The Morgan fingerprint density at radius 2 is 1.21 bits per heavy atom. The lowest BCUT2D eigenvalue weighted by molar-refractivity contribution is -0.145. The Kier molecular flexibility index (Phi) is 8.09. The molecule has 7 nitrogen and oxygen atoms in total. The molecule has 0 rings (SSSR count). The zero-order valence-electron chi connectivity index (χ0n) is 7.25. The van der Waals surface area contributed by atoms with Crippen LogP contribution >= 0.6 is 0 Å². The van der Waals surface area contributed by atoms with Gasteiger partial charge in [-0.05, 0) is 6.92 Å². The van der Waals surface area contributed by atoms with Gasteiger partial charge in [0.15, 0.2) is 0 Å². The molecule has 0 radical (unpaired) electrons. The van der Waals surface area contributed by atoms with Crippen molar-refractivity contribution in [2.45, 2.75) is 13.0 Å². The molecule has 0 spiro atoms. The van der Waals surface area contributed by atoms with Crippen LogP contribution in [0.25, 0.3) is 0 Å². The van der Waals surface area contributed by atoms with Gasteiger partial charge in [-0.1, -0.05) is 0 Å². The Labute approximate surface area is 78.9 Å². The van der Waals surface area contributed by atoms with Crippen molar-refractivity contribution in [3.8, 4) is 0 Å². The average molecular weight is 206 g/mol. The Morgan fingerprint density at radius 1 is 1.00 bits per heavy atom. The molecule has 0 saturated heterocycles. The second-order valence-electron chi connectivity index (χ2n) is 2.02. The molecule has 0 saturated carbocycles. The second-order valence-corrected chi connectivity index (χ2v) is 2.02. The van der Waals surface area contributed by atoms with Gasteiger partial charge in [-0.25, -0.2) is 14.4 Å². The summed E-state index contributed by atoms with van der Waals surface area (Å²) in [5, 5.41) is 31.4. The molecular weight excluding hydrogens is 196 g/mol. The number of aliphatic hydroxyl groups is 1. The molecule has 14 heavy (non-hydrogen) atoms. The van der Waals surface area contributed by atoms with Crippen LogP contribution < -0.4 is 0 Å². The monoisotopic (exact) mass is 206 g/mol. The Bertz CT molecular complexity index is 224. The summed E-state index contributed by atoms with van der Waals surface area (Å²) < 4.78 is 0. The quantitative estimate of drug-likeness (QED) is 0.442. The van der Waals surface area contributed by atoms with Crippen molar-refractivity contribution < 1.29 is 34.8 Å². The van der Waals surface area contributed by atoms with Crippen LogP contribution in [0, 0.1) is 0 Å². The maximum absolute atomic E-state index is 9.55. The minimum atomic E-state index is -1.26. The fraction of sp³-hybridized carbons (Fsp3) is 0.286. The summed E-state index contributed by atoms with van der Waals surface area (Å²) in [4.78, 5) is 28.6. The van der Waals surface area contributed by atoms with Crippen LogP contribution in [-0.4, -0.2) is 44.4 Å². The van der Waals surface area contributed by atoms with Crippen molar-refractivity contribution in [2.24, 2.45) is 0 Å². The molecule has 1 unspecified atom stereocenters. The summed E-state index contributed by atoms with van der Waals surface area (Å²) in [6.07, 6.45) is -0.116. The number of hydrogen-bond acceptors (Lipinski definition) is 4. The summed E-state index contributed by atoms with van der Waals surface area (Å²) in [6.45, 7) is 1.20. The van der Waals surface area contributed by atoms with Crippen molar-refractivity contribution in [2.75, 3.05) is 0 Å². The molecule has 1 atom stereocenters. The predicted molar refractivity (Wildman–Crippen MR) is 43.7 cm³/mol. The average Bonchev–Trinajstić information content (AvgIpc) is 2.01. The normalized spacial score (nSPS) is 11.3. The number of carbonyl (C=O) groups is 3. The number of hydrogen-bond donors (Lipinski definition) is 4. The van der Waals surface area contributed by atoms with E-state index in [2.05, 4.69) is 0 Å². The van der Waals surface area contributed by atoms with Crippen LogP contribution in [0.3, 0.4) is 0 Å². The Morgan fingerprint density at radius 3 is 1.29 bits per heavy atom. The van der Waals surface area contributed by atoms with E-state index < -0.39 is 24.0 Å². The molecule has 0 fully saturated rings. The van der Waals surface area contributed by atoms with E-state index in [-0.39, 0.29) is 0 Å². The van der Waals surface area contributed by atoms with Gasteiger partial charge in [0, 0.05) is 12.2 Å². The summed E-state index contributed by atoms with van der Waals surface area (Å²) in [5.74, 6) is -3.70. The van der Waals surface area contributed by atoms with Gasteiger partial charge in [-0.3, -0.25) is 0 Å². The Hall–Kier alpha value is -1.89. The van der Waals surface area contributed by atoms with Gasteiger partial charge in [0.25, 0.3) is 0 Å². The maximum Gasteiger partial charge on any atom is 0.332 e. The lowest BCUT2D eigenvalue weighted by atomic mass is 10.4. The lowest BCUT2D eigenvalue weighted by Crippen LogP contribution is -2.13. The van der Waals surface area contributed by atoms with Crippen molar-refractivity contribution in [3.05, 3.63) is 12.2 Å². The minimum absolute atomic E-state index is 0.558. The summed E-state index contributed by atoms with van der Waals surface area (Å²) in [5.41, 5.74) is 0. The lowest BCUT2D eigenvalue weighted by Gasteiger charge is -1.89. The van der Waals surface area contributed by atoms with E-state index in [0.717, 1.165) is 0 Å². The molecule has 0 aliphatic rings. The topological polar surface area (TPSA) is 132 Å². The van der Waals surface area contributed by atoms with E-state index in [4.69, 9.17) is 20.4 Å². The van der Waals surface area contributed by atoms with Gasteiger partial charge in [0.2, 0.25) is 0 Å². The number of rotatable bonds is 3. The molecule has 0 aromatic carbocycles. The van der Waals surface area contributed by atoms with Crippen LogP contribution in [-0.2, 0) is 14.4 Å². The molecule has 7 heteroatoms. The van der Waals surface area contributed by atoms with E-state index >= 15 is 0 Å². The molecule has 4 N–H and O–H groups in total. The van der Waals surface area contributed by atoms with Crippen LogP contribution in [0.2, 0.25) is 0 Å². The van der Waals surface area contributed by atoms with Crippen LogP contribution in [0.1, 0.15) is 6.92 Å². The first-order valence-corrected chi connectivity index (χ1v) is 3.32. The fourth-order valence-corrected chi connectivity index (χ4v) is 0.143. The van der Waals surface area contributed by atoms with Crippen molar-refractivity contribution in [1.82, 2.24) is 0 Å². The van der Waals surface area contributed by atoms with Crippen molar-refractivity contribution in [3.63, 3.8) is 0 Å². The molecule has 0 amide bonds. The largest absolute Gasteiger partial charge is 0.479 e. The first-order valence-electron chi connectivity index (χ1n) is 3.32. The van der Waals surface area contributed by atoms with E-state index in [1.807, 2.05) is 0 Å². The molecule has 0 heterocycles. The van der Waals surface area contributed by atoms with Gasteiger partial charge < -0.3 is 20.4 Å². The van der Waals surface area contributed by atoms with Gasteiger partial charge in [0.05, 0.1) is 0 Å². The predicted octanol–water partition coefficient (Wildman–Crippen LogP) is -0.836. The fourth-order valence-electron chi connectivity index (χ4n) is 0.143. The number of aliphatic hydroxyl groups excluding tert-OH is 1. The third-order valence-corrected chi connectivity index (χ3v) is 0.726. The highest BCUT2D eigenvalue weighted by molar-refractivity contribution is 5.89. The van der Waals surface area contributed by atoms with Crippen LogP contribution in [0.4, 0.5) is 0 Å². The molecule has 0 aromatic rings. The van der Waals surface area contributed by atoms with Crippen molar-refractivity contribution in [1.29, 1.82) is 0 Å². The van der Waals surface area contributed by atoms with E-state index in [9.17, 15) is 14.4 Å². The molecule has 0 bridgehead atoms. The second kappa shape index (κ2) is 7.74. The van der Waals surface area contributed by atoms with E-state index in [1.54, 1.807) is 0 Å². The zero-order valence-corrected chi connectivity index (χ0v) is 7.25. The minimum Gasteiger partial charge on any atom is -0.479 e. The molecular formula is C7H10O7. The Balaban J connectivity index is 0. The van der Waals surface area contributed by atoms with E-state index in [0.29, 0.717) is 12.2 Å². The third-order valence-electron chi connectivity index (χ3n) is 0.726. The maximum atomic E-state index is 9.55. The van der Waals surface area contributed by atoms with Crippen LogP contribution in [0.15, 0.2) is 12.2 Å². The van der Waals surface area contributed by atoms with Gasteiger partial charge in [-0.15, -0.1) is 0 Å². The summed E-state index contributed by atoms with van der Waals surface area (Å²) >= 11 is 0. The highest BCUT2D eigenvalue weighted by Crippen LogP contribution is 1.73. The van der Waals surface area contributed by atoms with Gasteiger partial charge >= 0.3 is 17.9 Å². The first-order chi connectivity index (χ1) is 6.27. The van der Waals surface area contributed by atoms with Gasteiger partial charge in [0.1, 0.15) is 6.10 Å². The standard InChI is InChI=1S/C4H4O4.C3H6O3/c5-3(6)1-2-4(7)8;1-2(4)3(5)6/h1-2H,(H,5,6)(H,7,8);2,4H,1H3,(H,5,6). The number of carboxylic acids is 3. The smallest absolute Gasteiger partial charge is 0.332 e. The van der Waals surface area contributed by atoms with Crippen LogP contribution in [0.5, 0.6) is 0 Å². The zero-order chi connectivity index (χ0) is 11.7. The molecule has 80 valence electrons. The first kappa shape index (κ1) is 14.6. The SMILES string of the molecule is CC(O)C(=O)O.O=C(O)C=CC(=O)O. The van der Waals surface area contributed by atoms with Crippen molar-refractivity contribution >= 4 is 17.9 Å². The molecule has 0 aliphatic heterocycles. The molecule has 0 aliphatic carbocycles. The third kappa shape index (κ3) is 16.6. The summed E-state index contributed by atoms with van der Waals surface area (Å²) in [6, 6.07) is 0. The molecule has 0 aromatic heterocycles. The van der Waals surface area contributed by atoms with E-state index in [1.165, 1.54) is 6.92 Å². The highest BCUT2D eigenvalue weighted by Gasteiger charge is 2.01.